The Kier molecular flexibility index (Phi) is 11.7. The van der Waals surface area contributed by atoms with Crippen molar-refractivity contribution >= 4 is 39.1 Å². The van der Waals surface area contributed by atoms with E-state index < -0.39 is 28.5 Å². The Balaban J connectivity index is 1.57. The number of carbonyl (C=O) groups excluding carboxylic acids is 2. The van der Waals surface area contributed by atoms with Gasteiger partial charge in [-0.05, 0) is 66.3 Å². The Morgan fingerprint density at radius 3 is 2.09 bits per heavy atom. The summed E-state index contributed by atoms with van der Waals surface area (Å²) in [6.45, 7) is 1.57. The first-order valence-electron chi connectivity index (χ1n) is 16.3. The Morgan fingerprint density at radius 1 is 0.809 bits per heavy atom. The van der Waals surface area contributed by atoms with Gasteiger partial charge >= 0.3 is 0 Å². The van der Waals surface area contributed by atoms with Crippen LogP contribution in [0.15, 0.2) is 114 Å². The number of halogens is 1. The van der Waals surface area contributed by atoms with Crippen LogP contribution in [0.5, 0.6) is 0 Å². The van der Waals surface area contributed by atoms with Gasteiger partial charge in [-0.25, -0.2) is 8.42 Å². The topological polar surface area (TPSA) is 86.8 Å². The van der Waals surface area contributed by atoms with E-state index in [-0.39, 0.29) is 29.8 Å². The third-order valence-electron chi connectivity index (χ3n) is 8.74. The fraction of sp³-hybridized carbons (Fsp3) is 0.316. The summed E-state index contributed by atoms with van der Waals surface area (Å²) in [7, 11) is -4.15. The second-order valence-electron chi connectivity index (χ2n) is 12.0. The van der Waals surface area contributed by atoms with Gasteiger partial charge in [0.1, 0.15) is 12.6 Å². The monoisotopic (exact) mass is 671 g/mol. The molecule has 47 heavy (non-hydrogen) atoms. The zero-order chi connectivity index (χ0) is 33.2. The van der Waals surface area contributed by atoms with E-state index in [2.05, 4.69) is 5.32 Å². The predicted octanol–water partition coefficient (Wildman–Crippen LogP) is 7.19. The van der Waals surface area contributed by atoms with Gasteiger partial charge in [0.15, 0.2) is 0 Å². The molecule has 4 aromatic rings. The molecule has 0 spiro atoms. The van der Waals surface area contributed by atoms with Crippen molar-refractivity contribution in [3.63, 3.8) is 0 Å². The lowest BCUT2D eigenvalue weighted by atomic mass is 9.94. The smallest absolute Gasteiger partial charge is 0.264 e. The molecule has 0 radical (unpaired) electrons. The van der Waals surface area contributed by atoms with E-state index in [1.165, 1.54) is 21.3 Å². The van der Waals surface area contributed by atoms with Crippen molar-refractivity contribution in [3.8, 4) is 0 Å². The number of benzene rings is 4. The van der Waals surface area contributed by atoms with Gasteiger partial charge in [0, 0.05) is 24.0 Å². The Bertz CT molecular complexity index is 1730. The summed E-state index contributed by atoms with van der Waals surface area (Å²) in [5.74, 6) is -0.723. The summed E-state index contributed by atoms with van der Waals surface area (Å²) in [5.41, 5.74) is 2.90. The highest BCUT2D eigenvalue weighted by Crippen LogP contribution is 2.29. The van der Waals surface area contributed by atoms with E-state index in [9.17, 15) is 18.0 Å². The number of nitrogens with one attached hydrogen (secondary N) is 1. The molecule has 9 heteroatoms. The van der Waals surface area contributed by atoms with Gasteiger partial charge in [-0.1, -0.05) is 117 Å². The lowest BCUT2D eigenvalue weighted by Crippen LogP contribution is -2.55. The number of aryl methyl sites for hydroxylation is 1. The van der Waals surface area contributed by atoms with Crippen molar-refractivity contribution < 1.29 is 18.0 Å². The zero-order valence-electron chi connectivity index (χ0n) is 26.7. The molecular weight excluding hydrogens is 630 g/mol. The van der Waals surface area contributed by atoms with Gasteiger partial charge in [0.2, 0.25) is 11.8 Å². The van der Waals surface area contributed by atoms with Crippen molar-refractivity contribution in [1.29, 1.82) is 0 Å². The minimum Gasteiger partial charge on any atom is -0.352 e. The molecule has 0 saturated heterocycles. The summed E-state index contributed by atoms with van der Waals surface area (Å²) >= 11 is 6.20. The van der Waals surface area contributed by atoms with Gasteiger partial charge in [-0.3, -0.25) is 13.9 Å². The molecule has 4 aromatic carbocycles. The Morgan fingerprint density at radius 2 is 1.43 bits per heavy atom. The molecule has 2 amide bonds. The quantitative estimate of drug-likeness (QED) is 0.163. The number of hydrogen-bond donors (Lipinski definition) is 1. The van der Waals surface area contributed by atoms with Crippen LogP contribution in [0.4, 0.5) is 5.69 Å². The summed E-state index contributed by atoms with van der Waals surface area (Å²) in [6, 6.07) is 31.3. The molecule has 246 valence electrons. The van der Waals surface area contributed by atoms with Gasteiger partial charge in [-0.15, -0.1) is 0 Å². The number of nitrogens with zero attached hydrogens (tertiary/aromatic N) is 2. The minimum atomic E-state index is -4.15. The molecule has 1 fully saturated rings. The number of sulfonamides is 1. The maximum atomic E-state index is 14.7. The first kappa shape index (κ1) is 34.2. The van der Waals surface area contributed by atoms with Gasteiger partial charge < -0.3 is 10.2 Å². The first-order valence-corrected chi connectivity index (χ1v) is 18.1. The number of amides is 2. The van der Waals surface area contributed by atoms with Crippen LogP contribution < -0.4 is 9.62 Å². The molecule has 1 unspecified atom stereocenters. The summed E-state index contributed by atoms with van der Waals surface area (Å²) in [6.07, 6.45) is 5.87. The highest BCUT2D eigenvalue weighted by Gasteiger charge is 2.35. The van der Waals surface area contributed by atoms with E-state index in [1.54, 1.807) is 42.5 Å². The molecular formula is C38H42ClN3O4S. The second kappa shape index (κ2) is 16.1. The van der Waals surface area contributed by atoms with Gasteiger partial charge in [-0.2, -0.15) is 0 Å². The van der Waals surface area contributed by atoms with E-state index in [0.717, 1.165) is 48.8 Å². The largest absolute Gasteiger partial charge is 0.352 e. The van der Waals surface area contributed by atoms with Crippen LogP contribution >= 0.6 is 11.6 Å². The first-order chi connectivity index (χ1) is 22.8. The van der Waals surface area contributed by atoms with Gasteiger partial charge in [0.25, 0.3) is 10.0 Å². The minimum absolute atomic E-state index is 0.0356. The summed E-state index contributed by atoms with van der Waals surface area (Å²) in [5, 5.41) is 3.80. The fourth-order valence-corrected chi connectivity index (χ4v) is 7.77. The van der Waals surface area contributed by atoms with Crippen LogP contribution in [0.3, 0.4) is 0 Å². The van der Waals surface area contributed by atoms with E-state index >= 15 is 0 Å². The van der Waals surface area contributed by atoms with E-state index in [1.807, 2.05) is 61.5 Å². The molecule has 1 saturated carbocycles. The third-order valence-corrected chi connectivity index (χ3v) is 10.8. The molecule has 5 rings (SSSR count). The highest BCUT2D eigenvalue weighted by atomic mass is 35.5. The van der Waals surface area contributed by atoms with Crippen molar-refractivity contribution in [2.45, 2.75) is 75.4 Å². The molecule has 0 bridgehead atoms. The van der Waals surface area contributed by atoms with Crippen molar-refractivity contribution in [2.75, 3.05) is 10.8 Å². The van der Waals surface area contributed by atoms with Crippen molar-refractivity contribution in [1.82, 2.24) is 10.2 Å². The van der Waals surface area contributed by atoms with Crippen LogP contribution in [-0.2, 0) is 39.0 Å². The lowest BCUT2D eigenvalue weighted by Gasteiger charge is -2.35. The number of anilines is 1. The van der Waals surface area contributed by atoms with Crippen LogP contribution in [0.25, 0.3) is 0 Å². The van der Waals surface area contributed by atoms with E-state index in [4.69, 9.17) is 11.6 Å². The number of hydrogen-bond acceptors (Lipinski definition) is 4. The molecule has 0 aromatic heterocycles. The van der Waals surface area contributed by atoms with Crippen molar-refractivity contribution in [2.24, 2.45) is 0 Å². The maximum Gasteiger partial charge on any atom is 0.264 e. The average molecular weight is 672 g/mol. The molecule has 0 heterocycles. The standard InChI is InChI=1S/C38H42ClN3O4S/c1-2-31-16-12-13-21-35(31)42(47(45,46)34-19-10-5-11-20-34)28-37(43)41(27-30-22-24-32(39)25-23-30)36(26-29-14-6-3-7-15-29)38(44)40-33-17-8-4-9-18-33/h3,5-7,10-16,19-25,33,36H,2,4,8-9,17-18,26-28H2,1H3,(H,40,44). The van der Waals surface area contributed by atoms with Crippen molar-refractivity contribution in [3.05, 3.63) is 131 Å². The predicted molar refractivity (Wildman–Crippen MR) is 188 cm³/mol. The SMILES string of the molecule is CCc1ccccc1N(CC(=O)N(Cc1ccc(Cl)cc1)C(Cc1ccccc1)C(=O)NC1CCCCC1)S(=O)(=O)c1ccccc1. The summed E-state index contributed by atoms with van der Waals surface area (Å²) in [4.78, 5) is 30.6. The van der Waals surface area contributed by atoms with E-state index in [0.29, 0.717) is 17.1 Å². The molecule has 1 aliphatic carbocycles. The number of para-hydroxylation sites is 1. The van der Waals surface area contributed by atoms with Crippen LogP contribution in [-0.4, -0.2) is 43.8 Å². The maximum absolute atomic E-state index is 14.7. The zero-order valence-corrected chi connectivity index (χ0v) is 28.3. The second-order valence-corrected chi connectivity index (χ2v) is 14.3. The number of carbonyl (C=O) groups is 2. The molecule has 7 nitrogen and oxygen atoms in total. The average Bonchev–Trinajstić information content (AvgIpc) is 3.10. The molecule has 0 aliphatic heterocycles. The fourth-order valence-electron chi connectivity index (χ4n) is 6.17. The Labute approximate surface area is 283 Å². The normalized spacial score (nSPS) is 14.3. The van der Waals surface area contributed by atoms with Crippen LogP contribution in [0.2, 0.25) is 5.02 Å². The van der Waals surface area contributed by atoms with Crippen LogP contribution in [0, 0.1) is 0 Å². The Hall–Kier alpha value is -4.14. The van der Waals surface area contributed by atoms with Gasteiger partial charge in [0.05, 0.1) is 10.6 Å². The third kappa shape index (κ3) is 8.82. The summed E-state index contributed by atoms with van der Waals surface area (Å²) < 4.78 is 29.7. The number of rotatable bonds is 13. The van der Waals surface area contributed by atoms with Crippen LogP contribution in [0.1, 0.15) is 55.7 Å². The lowest BCUT2D eigenvalue weighted by molar-refractivity contribution is -0.140. The molecule has 1 aliphatic rings. The highest BCUT2D eigenvalue weighted by molar-refractivity contribution is 7.92. The molecule has 1 atom stereocenters. The molecule has 1 N–H and O–H groups in total.